The Balaban J connectivity index is 2.39. The molecule has 0 fully saturated rings. The van der Waals surface area contributed by atoms with Gasteiger partial charge in [-0.05, 0) is 12.1 Å². The van der Waals surface area contributed by atoms with E-state index in [1.54, 1.807) is 24.3 Å². The monoisotopic (exact) mass is 245 g/mol. The number of anilines is 1. The Kier molecular flexibility index (Phi) is 3.05. The average molecular weight is 245 g/mol. The minimum Gasteiger partial charge on any atom is -0.382 e. The number of aromatic amines is 1. The summed E-state index contributed by atoms with van der Waals surface area (Å²) in [4.78, 5) is 22.8. The third-order valence-electron chi connectivity index (χ3n) is 2.23. The van der Waals surface area contributed by atoms with E-state index in [1.165, 1.54) is 6.92 Å². The molecule has 3 N–H and O–H groups in total. The number of azo groups is 1. The molecule has 0 amide bonds. The predicted octanol–water partition coefficient (Wildman–Crippen LogP) is 1.83. The van der Waals surface area contributed by atoms with Gasteiger partial charge < -0.3 is 5.73 Å². The summed E-state index contributed by atoms with van der Waals surface area (Å²) in [6.07, 6.45) is 0. The fourth-order valence-electron chi connectivity index (χ4n) is 1.37. The highest BCUT2D eigenvalue weighted by molar-refractivity contribution is 5.77. The van der Waals surface area contributed by atoms with E-state index in [0.717, 1.165) is 4.68 Å². The van der Waals surface area contributed by atoms with Gasteiger partial charge in [-0.1, -0.05) is 18.2 Å². The van der Waals surface area contributed by atoms with Crippen molar-refractivity contribution < 1.29 is 4.79 Å². The van der Waals surface area contributed by atoms with Crippen molar-refractivity contribution in [2.24, 2.45) is 10.2 Å². The first kappa shape index (κ1) is 11.8. The van der Waals surface area contributed by atoms with Crippen LogP contribution in [0.3, 0.4) is 0 Å². The molecule has 1 aromatic heterocycles. The van der Waals surface area contributed by atoms with E-state index in [-0.39, 0.29) is 11.5 Å². The van der Waals surface area contributed by atoms with E-state index in [2.05, 4.69) is 15.3 Å². The van der Waals surface area contributed by atoms with Crippen molar-refractivity contribution in [2.75, 3.05) is 5.73 Å². The first-order chi connectivity index (χ1) is 8.59. The summed E-state index contributed by atoms with van der Waals surface area (Å²) >= 11 is 0. The van der Waals surface area contributed by atoms with Gasteiger partial charge in [0.2, 0.25) is 5.91 Å². The van der Waals surface area contributed by atoms with Crippen LogP contribution in [0.15, 0.2) is 45.4 Å². The molecule has 92 valence electrons. The van der Waals surface area contributed by atoms with E-state index in [0.29, 0.717) is 5.69 Å². The first-order valence-corrected chi connectivity index (χ1v) is 5.18. The second kappa shape index (κ2) is 4.66. The third kappa shape index (κ3) is 2.19. The van der Waals surface area contributed by atoms with E-state index in [9.17, 15) is 9.59 Å². The van der Waals surface area contributed by atoms with Gasteiger partial charge in [0, 0.05) is 6.92 Å². The van der Waals surface area contributed by atoms with E-state index in [4.69, 9.17) is 5.73 Å². The SMILES string of the molecule is CC(=O)n1[nH]c(N)c(N=Nc2ccccc2)c1=O. The lowest BCUT2D eigenvalue weighted by Gasteiger charge is -1.89. The molecule has 0 saturated carbocycles. The molecule has 1 aromatic carbocycles. The second-order valence-electron chi connectivity index (χ2n) is 3.57. The Hall–Kier alpha value is -2.70. The van der Waals surface area contributed by atoms with Crippen LogP contribution in [0.25, 0.3) is 0 Å². The van der Waals surface area contributed by atoms with Crippen molar-refractivity contribution in [1.82, 2.24) is 9.78 Å². The fraction of sp³-hybridized carbons (Fsp3) is 0.0909. The Labute approximate surface area is 102 Å². The molecule has 0 unspecified atom stereocenters. The number of carbonyl (C=O) groups is 1. The molecule has 0 radical (unpaired) electrons. The minimum absolute atomic E-state index is 0.00915. The van der Waals surface area contributed by atoms with Crippen LogP contribution in [0.1, 0.15) is 11.7 Å². The molecular formula is C11H11N5O2. The molecule has 0 saturated heterocycles. The Morgan fingerprint density at radius 3 is 2.50 bits per heavy atom. The van der Waals surface area contributed by atoms with Crippen LogP contribution >= 0.6 is 0 Å². The maximum Gasteiger partial charge on any atom is 0.303 e. The third-order valence-corrected chi connectivity index (χ3v) is 2.23. The maximum atomic E-state index is 11.7. The zero-order chi connectivity index (χ0) is 13.1. The van der Waals surface area contributed by atoms with Crippen molar-refractivity contribution in [3.05, 3.63) is 40.7 Å². The molecule has 7 nitrogen and oxygen atoms in total. The number of nitrogens with two attached hydrogens (primary N) is 1. The fourth-order valence-corrected chi connectivity index (χ4v) is 1.37. The van der Waals surface area contributed by atoms with Gasteiger partial charge in [-0.15, -0.1) is 5.11 Å². The Bertz CT molecular complexity index is 654. The minimum atomic E-state index is -0.611. The van der Waals surface area contributed by atoms with E-state index < -0.39 is 11.5 Å². The molecule has 18 heavy (non-hydrogen) atoms. The molecular weight excluding hydrogens is 234 g/mol. The summed E-state index contributed by atoms with van der Waals surface area (Å²) in [5, 5.41) is 10.1. The smallest absolute Gasteiger partial charge is 0.303 e. The van der Waals surface area contributed by atoms with Crippen LogP contribution < -0.4 is 11.3 Å². The van der Waals surface area contributed by atoms with Gasteiger partial charge in [-0.2, -0.15) is 9.80 Å². The molecule has 7 heteroatoms. The maximum absolute atomic E-state index is 11.7. The van der Waals surface area contributed by atoms with E-state index in [1.807, 2.05) is 6.07 Å². The standard InChI is InChI=1S/C11H11N5O2/c1-7(17)16-11(18)9(10(12)15-16)14-13-8-5-3-2-4-6-8/h2-6,15H,12H2,1H3. The number of benzene rings is 1. The number of aromatic nitrogens is 2. The molecule has 0 bridgehead atoms. The van der Waals surface area contributed by atoms with Crippen LogP contribution in [0.2, 0.25) is 0 Å². The number of nitrogens with one attached hydrogen (secondary N) is 1. The Morgan fingerprint density at radius 2 is 1.94 bits per heavy atom. The van der Waals surface area contributed by atoms with Crippen molar-refractivity contribution in [3.63, 3.8) is 0 Å². The van der Waals surface area contributed by atoms with Gasteiger partial charge in [0.05, 0.1) is 5.69 Å². The molecule has 0 aliphatic carbocycles. The largest absolute Gasteiger partial charge is 0.382 e. The van der Waals surface area contributed by atoms with Crippen molar-refractivity contribution in [2.45, 2.75) is 6.92 Å². The number of hydrogen-bond donors (Lipinski definition) is 2. The van der Waals surface area contributed by atoms with Gasteiger partial charge >= 0.3 is 5.56 Å². The number of nitrogen functional groups attached to an aromatic ring is 1. The van der Waals surface area contributed by atoms with Crippen molar-refractivity contribution in [1.29, 1.82) is 0 Å². The molecule has 0 spiro atoms. The highest BCUT2D eigenvalue weighted by atomic mass is 16.2. The topological polar surface area (TPSA) is 106 Å². The highest BCUT2D eigenvalue weighted by Crippen LogP contribution is 2.18. The normalized spacial score (nSPS) is 10.9. The summed E-state index contributed by atoms with van der Waals surface area (Å²) in [7, 11) is 0. The lowest BCUT2D eigenvalue weighted by molar-refractivity contribution is 0.0917. The lowest BCUT2D eigenvalue weighted by atomic mass is 10.3. The summed E-state index contributed by atoms with van der Waals surface area (Å²) < 4.78 is 0.786. The number of rotatable bonds is 2. The van der Waals surface area contributed by atoms with Crippen LogP contribution in [0, 0.1) is 0 Å². The van der Waals surface area contributed by atoms with Crippen LogP contribution in [-0.2, 0) is 0 Å². The zero-order valence-electron chi connectivity index (χ0n) is 9.62. The Morgan fingerprint density at radius 1 is 1.28 bits per heavy atom. The zero-order valence-corrected chi connectivity index (χ0v) is 9.62. The molecule has 1 heterocycles. The van der Waals surface area contributed by atoms with Crippen LogP contribution in [-0.4, -0.2) is 15.7 Å². The summed E-state index contributed by atoms with van der Waals surface area (Å²) in [5.74, 6) is -0.456. The molecule has 2 aromatic rings. The predicted molar refractivity (Wildman–Crippen MR) is 66.4 cm³/mol. The van der Waals surface area contributed by atoms with Gasteiger partial charge in [-0.25, -0.2) is 0 Å². The highest BCUT2D eigenvalue weighted by Gasteiger charge is 2.13. The number of carbonyl (C=O) groups excluding carboxylic acids is 1. The number of nitrogens with zero attached hydrogens (tertiary/aromatic N) is 3. The molecule has 0 atom stereocenters. The van der Waals surface area contributed by atoms with Crippen LogP contribution in [0.4, 0.5) is 17.2 Å². The molecule has 0 aliphatic heterocycles. The molecule has 0 aliphatic rings. The van der Waals surface area contributed by atoms with Gasteiger partial charge in [0.25, 0.3) is 0 Å². The second-order valence-corrected chi connectivity index (χ2v) is 3.57. The average Bonchev–Trinajstić information content (AvgIpc) is 2.64. The quantitative estimate of drug-likeness (QED) is 0.788. The number of H-pyrrole nitrogens is 1. The molecule has 2 rings (SSSR count). The van der Waals surface area contributed by atoms with Gasteiger partial charge in [-0.3, -0.25) is 14.7 Å². The van der Waals surface area contributed by atoms with E-state index >= 15 is 0 Å². The summed E-state index contributed by atoms with van der Waals surface area (Å²) in [5.41, 5.74) is 5.47. The van der Waals surface area contributed by atoms with Gasteiger partial charge in [0.1, 0.15) is 5.82 Å². The van der Waals surface area contributed by atoms with Gasteiger partial charge in [0.15, 0.2) is 5.69 Å². The summed E-state index contributed by atoms with van der Waals surface area (Å²) in [6.45, 7) is 1.25. The number of hydrogen-bond acceptors (Lipinski definition) is 5. The summed E-state index contributed by atoms with van der Waals surface area (Å²) in [6, 6.07) is 8.89. The first-order valence-electron chi connectivity index (χ1n) is 5.18. The van der Waals surface area contributed by atoms with Crippen molar-refractivity contribution in [3.8, 4) is 0 Å². The lowest BCUT2D eigenvalue weighted by Crippen LogP contribution is -2.21. The van der Waals surface area contributed by atoms with Crippen LogP contribution in [0.5, 0.6) is 0 Å². The van der Waals surface area contributed by atoms with Crippen molar-refractivity contribution >= 4 is 23.1 Å².